The van der Waals surface area contributed by atoms with Crippen molar-refractivity contribution < 1.29 is 9.84 Å². The molecular weight excluding hydrogens is 214 g/mol. The summed E-state index contributed by atoms with van der Waals surface area (Å²) in [5, 5.41) is 9.22. The Morgan fingerprint density at radius 2 is 2.12 bits per heavy atom. The molecule has 1 aromatic heterocycles. The lowest BCUT2D eigenvalue weighted by Crippen LogP contribution is -2.12. The van der Waals surface area contributed by atoms with Crippen LogP contribution in [0.5, 0.6) is 5.75 Å². The van der Waals surface area contributed by atoms with Crippen molar-refractivity contribution in [1.29, 1.82) is 0 Å². The highest BCUT2D eigenvalue weighted by molar-refractivity contribution is 5.39. The molecule has 0 bridgehead atoms. The van der Waals surface area contributed by atoms with Gasteiger partial charge in [0, 0.05) is 29.9 Å². The number of hydrogen-bond donors (Lipinski definition) is 1. The highest BCUT2D eigenvalue weighted by Gasteiger charge is 2.24. The van der Waals surface area contributed by atoms with Crippen LogP contribution in [0.25, 0.3) is 0 Å². The zero-order valence-corrected chi connectivity index (χ0v) is 9.54. The number of rotatable bonds is 3. The smallest absolute Gasteiger partial charge is 0.122 e. The Morgan fingerprint density at radius 1 is 1.24 bits per heavy atom. The van der Waals surface area contributed by atoms with Gasteiger partial charge in [-0.05, 0) is 18.2 Å². The van der Waals surface area contributed by atoms with Crippen molar-refractivity contribution in [1.82, 2.24) is 4.57 Å². The molecule has 1 N–H and O–H groups in total. The fourth-order valence-electron chi connectivity index (χ4n) is 2.39. The molecule has 0 saturated carbocycles. The average molecular weight is 229 g/mol. The van der Waals surface area contributed by atoms with E-state index in [0.717, 1.165) is 24.6 Å². The molecule has 1 aliphatic rings. The zero-order valence-electron chi connectivity index (χ0n) is 9.54. The monoisotopic (exact) mass is 229 g/mol. The van der Waals surface area contributed by atoms with Crippen LogP contribution in [0.15, 0.2) is 42.6 Å². The normalized spacial score (nSPS) is 17.8. The minimum atomic E-state index is 0.0855. The minimum Gasteiger partial charge on any atom is -0.493 e. The average Bonchev–Trinajstić information content (AvgIpc) is 2.97. The zero-order chi connectivity index (χ0) is 11.7. The van der Waals surface area contributed by atoms with Gasteiger partial charge < -0.3 is 14.4 Å². The van der Waals surface area contributed by atoms with E-state index in [1.807, 2.05) is 36.5 Å². The first-order valence-electron chi connectivity index (χ1n) is 5.85. The van der Waals surface area contributed by atoms with E-state index in [1.165, 1.54) is 5.56 Å². The Bertz CT molecular complexity index is 518. The van der Waals surface area contributed by atoms with E-state index in [4.69, 9.17) is 4.74 Å². The molecule has 0 saturated heterocycles. The minimum absolute atomic E-state index is 0.0855. The van der Waals surface area contributed by atoms with Crippen molar-refractivity contribution in [2.45, 2.75) is 19.1 Å². The second-order valence-electron chi connectivity index (χ2n) is 4.36. The van der Waals surface area contributed by atoms with E-state index in [9.17, 15) is 5.11 Å². The summed E-state index contributed by atoms with van der Waals surface area (Å²) < 4.78 is 7.75. The second kappa shape index (κ2) is 4.26. The van der Waals surface area contributed by atoms with E-state index in [1.54, 1.807) is 0 Å². The molecule has 3 rings (SSSR count). The number of benzene rings is 1. The number of para-hydroxylation sites is 1. The van der Waals surface area contributed by atoms with Crippen LogP contribution in [-0.2, 0) is 13.2 Å². The van der Waals surface area contributed by atoms with Gasteiger partial charge in [0.1, 0.15) is 5.75 Å². The Morgan fingerprint density at radius 3 is 3.00 bits per heavy atom. The molecule has 1 unspecified atom stereocenters. The van der Waals surface area contributed by atoms with Gasteiger partial charge in [-0.15, -0.1) is 0 Å². The number of fused-ring (bicyclic) bond motifs is 1. The Balaban J connectivity index is 1.84. The molecule has 1 aromatic carbocycles. The molecule has 3 nitrogen and oxygen atoms in total. The Hall–Kier alpha value is -1.74. The summed E-state index contributed by atoms with van der Waals surface area (Å²) >= 11 is 0. The van der Waals surface area contributed by atoms with Gasteiger partial charge >= 0.3 is 0 Å². The predicted molar refractivity (Wildman–Crippen MR) is 65.0 cm³/mol. The van der Waals surface area contributed by atoms with E-state index in [-0.39, 0.29) is 6.61 Å². The maximum atomic E-state index is 9.22. The molecule has 88 valence electrons. The van der Waals surface area contributed by atoms with Gasteiger partial charge in [-0.1, -0.05) is 18.2 Å². The summed E-state index contributed by atoms with van der Waals surface area (Å²) in [6.07, 6.45) is 2.01. The third-order valence-corrected chi connectivity index (χ3v) is 3.30. The summed E-state index contributed by atoms with van der Waals surface area (Å²) in [7, 11) is 0. The van der Waals surface area contributed by atoms with Gasteiger partial charge in [0.25, 0.3) is 0 Å². The van der Waals surface area contributed by atoms with Crippen LogP contribution in [0.1, 0.15) is 17.2 Å². The van der Waals surface area contributed by atoms with Crippen molar-refractivity contribution in [3.63, 3.8) is 0 Å². The molecule has 0 spiro atoms. The molecule has 2 aromatic rings. The summed E-state index contributed by atoms with van der Waals surface area (Å²) in [5.41, 5.74) is 2.22. The summed E-state index contributed by atoms with van der Waals surface area (Å²) in [6, 6.07) is 12.1. The van der Waals surface area contributed by atoms with Crippen LogP contribution in [0.3, 0.4) is 0 Å². The van der Waals surface area contributed by atoms with Crippen LogP contribution < -0.4 is 4.74 Å². The molecule has 3 heteroatoms. The number of nitrogens with zero attached hydrogens (tertiary/aromatic N) is 1. The van der Waals surface area contributed by atoms with Crippen molar-refractivity contribution in [3.05, 3.63) is 53.9 Å². The molecular formula is C14H15NO2. The molecule has 1 atom stereocenters. The van der Waals surface area contributed by atoms with Crippen LogP contribution in [0.2, 0.25) is 0 Å². The maximum absolute atomic E-state index is 9.22. The lowest BCUT2D eigenvalue weighted by atomic mass is 10.0. The SMILES string of the molecule is OCc1cccn1CC1COc2ccccc21. The van der Waals surface area contributed by atoms with Crippen molar-refractivity contribution in [2.75, 3.05) is 6.61 Å². The largest absolute Gasteiger partial charge is 0.493 e. The quantitative estimate of drug-likeness (QED) is 0.875. The third kappa shape index (κ3) is 1.83. The van der Waals surface area contributed by atoms with E-state index < -0.39 is 0 Å². The standard InChI is InChI=1S/C14H15NO2/c16-9-12-4-3-7-15(12)8-11-10-17-14-6-2-1-5-13(11)14/h1-7,11,16H,8-10H2. The first-order valence-corrected chi connectivity index (χ1v) is 5.85. The van der Waals surface area contributed by atoms with Crippen LogP contribution >= 0.6 is 0 Å². The Labute approximate surface area is 100 Å². The van der Waals surface area contributed by atoms with E-state index >= 15 is 0 Å². The van der Waals surface area contributed by atoms with Gasteiger partial charge in [0.05, 0.1) is 13.2 Å². The highest BCUT2D eigenvalue weighted by Crippen LogP contribution is 2.34. The number of ether oxygens (including phenoxy) is 1. The van der Waals surface area contributed by atoms with Gasteiger partial charge in [-0.2, -0.15) is 0 Å². The van der Waals surface area contributed by atoms with Crippen molar-refractivity contribution in [2.24, 2.45) is 0 Å². The van der Waals surface area contributed by atoms with Gasteiger partial charge in [-0.3, -0.25) is 0 Å². The lowest BCUT2D eigenvalue weighted by Gasteiger charge is -2.12. The van der Waals surface area contributed by atoms with Gasteiger partial charge in [0.2, 0.25) is 0 Å². The molecule has 1 aliphatic heterocycles. The second-order valence-corrected chi connectivity index (χ2v) is 4.36. The molecule has 0 fully saturated rings. The van der Waals surface area contributed by atoms with Crippen molar-refractivity contribution in [3.8, 4) is 5.75 Å². The highest BCUT2D eigenvalue weighted by atomic mass is 16.5. The van der Waals surface area contributed by atoms with E-state index in [0.29, 0.717) is 5.92 Å². The summed E-state index contributed by atoms with van der Waals surface area (Å²) in [4.78, 5) is 0. The fraction of sp³-hybridized carbons (Fsp3) is 0.286. The maximum Gasteiger partial charge on any atom is 0.122 e. The molecule has 0 amide bonds. The summed E-state index contributed by atoms with van der Waals surface area (Å²) in [6.45, 7) is 1.67. The Kier molecular flexibility index (Phi) is 2.61. The number of hydrogen-bond acceptors (Lipinski definition) is 2. The van der Waals surface area contributed by atoms with Crippen LogP contribution in [-0.4, -0.2) is 16.3 Å². The fourth-order valence-corrected chi connectivity index (χ4v) is 2.39. The first-order chi connectivity index (χ1) is 8.38. The van der Waals surface area contributed by atoms with Gasteiger partial charge in [-0.25, -0.2) is 0 Å². The third-order valence-electron chi connectivity index (χ3n) is 3.30. The first kappa shape index (κ1) is 10.4. The van der Waals surface area contributed by atoms with Crippen LogP contribution in [0.4, 0.5) is 0 Å². The number of aliphatic hydroxyl groups excluding tert-OH is 1. The topological polar surface area (TPSA) is 34.4 Å². The number of aliphatic hydroxyl groups is 1. The number of aromatic nitrogens is 1. The van der Waals surface area contributed by atoms with Crippen molar-refractivity contribution >= 4 is 0 Å². The lowest BCUT2D eigenvalue weighted by molar-refractivity contribution is 0.266. The van der Waals surface area contributed by atoms with Crippen LogP contribution in [0, 0.1) is 0 Å². The molecule has 0 aliphatic carbocycles. The molecule has 0 radical (unpaired) electrons. The summed E-state index contributed by atoms with van der Waals surface area (Å²) in [5.74, 6) is 1.37. The molecule has 2 heterocycles. The van der Waals surface area contributed by atoms with Gasteiger partial charge in [0.15, 0.2) is 0 Å². The van der Waals surface area contributed by atoms with E-state index in [2.05, 4.69) is 10.6 Å². The molecule has 17 heavy (non-hydrogen) atoms. The predicted octanol–water partition coefficient (Wildman–Crippen LogP) is 2.16.